The second-order valence-corrected chi connectivity index (χ2v) is 6.02. The summed E-state index contributed by atoms with van der Waals surface area (Å²) in [5.41, 5.74) is 0.586. The fourth-order valence-corrected chi connectivity index (χ4v) is 2.72. The molecule has 0 aliphatic heterocycles. The van der Waals surface area contributed by atoms with Gasteiger partial charge in [0, 0.05) is 5.02 Å². The van der Waals surface area contributed by atoms with Crippen molar-refractivity contribution in [2.24, 2.45) is 0 Å². The van der Waals surface area contributed by atoms with Gasteiger partial charge in [0.1, 0.15) is 6.54 Å². The number of carbonyl (C=O) groups excluding carboxylic acids is 1. The van der Waals surface area contributed by atoms with Crippen LogP contribution in [-0.4, -0.2) is 15.5 Å². The van der Waals surface area contributed by atoms with Crippen LogP contribution in [0, 0.1) is 0 Å². The summed E-state index contributed by atoms with van der Waals surface area (Å²) < 4.78 is 40.5. The van der Waals surface area contributed by atoms with E-state index in [1.54, 1.807) is 12.1 Å². The summed E-state index contributed by atoms with van der Waals surface area (Å²) in [6.07, 6.45) is -4.69. The van der Waals surface area contributed by atoms with Gasteiger partial charge in [-0.05, 0) is 30.3 Å². The van der Waals surface area contributed by atoms with Gasteiger partial charge >= 0.3 is 6.18 Å². The van der Waals surface area contributed by atoms with Gasteiger partial charge in [0.15, 0.2) is 0 Å². The van der Waals surface area contributed by atoms with Gasteiger partial charge in [-0.15, -0.1) is 0 Å². The van der Waals surface area contributed by atoms with Gasteiger partial charge in [0.2, 0.25) is 11.7 Å². The van der Waals surface area contributed by atoms with Crippen molar-refractivity contribution in [3.8, 4) is 0 Å². The van der Waals surface area contributed by atoms with E-state index in [2.05, 4.69) is 10.3 Å². The zero-order chi connectivity index (χ0) is 18.2. The zero-order valence-corrected chi connectivity index (χ0v) is 14.0. The number of nitrogens with zero attached hydrogens (tertiary/aromatic N) is 2. The summed E-state index contributed by atoms with van der Waals surface area (Å²) in [5.74, 6) is -1.82. The highest BCUT2D eigenvalue weighted by Gasteiger charge is 2.38. The maximum absolute atomic E-state index is 13.2. The molecule has 3 rings (SSSR count). The van der Waals surface area contributed by atoms with Gasteiger partial charge in [0.05, 0.1) is 21.7 Å². The molecule has 1 aromatic heterocycles. The highest BCUT2D eigenvalue weighted by molar-refractivity contribution is 6.35. The second kappa shape index (κ2) is 6.57. The average molecular weight is 388 g/mol. The standard InChI is InChI=1S/C16H10Cl2F3N3O/c17-9-5-6-10(18)12(7-9)22-14(25)8-24-13-4-2-1-3-11(13)23-15(24)16(19,20)21/h1-7H,8H2,(H,22,25). The molecule has 2 aromatic carbocycles. The molecule has 4 nitrogen and oxygen atoms in total. The van der Waals surface area contributed by atoms with Crippen LogP contribution in [0.3, 0.4) is 0 Å². The molecule has 1 heterocycles. The third-order valence-electron chi connectivity index (χ3n) is 3.41. The molecule has 9 heteroatoms. The molecule has 0 saturated carbocycles. The second-order valence-electron chi connectivity index (χ2n) is 5.18. The lowest BCUT2D eigenvalue weighted by atomic mass is 10.3. The van der Waals surface area contributed by atoms with Crippen molar-refractivity contribution in [1.29, 1.82) is 0 Å². The molecule has 0 atom stereocenters. The monoisotopic (exact) mass is 387 g/mol. The molecule has 25 heavy (non-hydrogen) atoms. The molecule has 0 aliphatic rings. The number of halogens is 5. The fraction of sp³-hybridized carbons (Fsp3) is 0.125. The Hall–Kier alpha value is -2.25. The number of hydrogen-bond donors (Lipinski definition) is 1. The molecule has 0 spiro atoms. The van der Waals surface area contributed by atoms with Crippen LogP contribution in [0.15, 0.2) is 42.5 Å². The molecule has 1 N–H and O–H groups in total. The number of carbonyl (C=O) groups is 1. The molecule has 0 radical (unpaired) electrons. The predicted molar refractivity (Wildman–Crippen MR) is 89.8 cm³/mol. The van der Waals surface area contributed by atoms with Crippen molar-refractivity contribution < 1.29 is 18.0 Å². The largest absolute Gasteiger partial charge is 0.449 e. The van der Waals surface area contributed by atoms with Crippen molar-refractivity contribution >= 4 is 45.8 Å². The molecular weight excluding hydrogens is 378 g/mol. The molecule has 0 unspecified atom stereocenters. The number of anilines is 1. The molecule has 0 saturated heterocycles. The molecule has 0 aliphatic carbocycles. The lowest BCUT2D eigenvalue weighted by molar-refractivity contribution is -0.147. The topological polar surface area (TPSA) is 46.9 Å². The molecule has 1 amide bonds. The summed E-state index contributed by atoms with van der Waals surface area (Å²) in [6.45, 7) is -0.571. The van der Waals surface area contributed by atoms with E-state index in [4.69, 9.17) is 23.2 Å². The Bertz CT molecular complexity index is 953. The Kier molecular flexibility index (Phi) is 4.62. The quantitative estimate of drug-likeness (QED) is 0.687. The van der Waals surface area contributed by atoms with Crippen molar-refractivity contribution in [2.75, 3.05) is 5.32 Å². The van der Waals surface area contributed by atoms with Gasteiger partial charge < -0.3 is 9.88 Å². The van der Waals surface area contributed by atoms with Crippen molar-refractivity contribution in [3.63, 3.8) is 0 Å². The highest BCUT2D eigenvalue weighted by atomic mass is 35.5. The summed E-state index contributed by atoms with van der Waals surface area (Å²) in [7, 11) is 0. The number of hydrogen-bond acceptors (Lipinski definition) is 2. The van der Waals surface area contributed by atoms with Crippen molar-refractivity contribution in [1.82, 2.24) is 9.55 Å². The lowest BCUT2D eigenvalue weighted by Crippen LogP contribution is -2.23. The number of alkyl halides is 3. The smallest absolute Gasteiger partial charge is 0.323 e. The van der Waals surface area contributed by atoms with E-state index in [9.17, 15) is 18.0 Å². The van der Waals surface area contributed by atoms with Crippen LogP contribution in [0.1, 0.15) is 5.82 Å². The van der Waals surface area contributed by atoms with E-state index in [0.29, 0.717) is 5.02 Å². The van der Waals surface area contributed by atoms with Crippen LogP contribution in [0.4, 0.5) is 18.9 Å². The van der Waals surface area contributed by atoms with Gasteiger partial charge in [-0.2, -0.15) is 13.2 Å². The third kappa shape index (κ3) is 3.72. The van der Waals surface area contributed by atoms with Gasteiger partial charge in [0.25, 0.3) is 0 Å². The maximum Gasteiger partial charge on any atom is 0.449 e. The Morgan fingerprint density at radius 1 is 1.16 bits per heavy atom. The van der Waals surface area contributed by atoms with Crippen LogP contribution < -0.4 is 5.32 Å². The Balaban J connectivity index is 1.94. The van der Waals surface area contributed by atoms with E-state index < -0.39 is 24.5 Å². The normalized spacial score (nSPS) is 11.7. The minimum Gasteiger partial charge on any atom is -0.323 e. The highest BCUT2D eigenvalue weighted by Crippen LogP contribution is 2.31. The maximum atomic E-state index is 13.2. The van der Waals surface area contributed by atoms with Crippen LogP contribution >= 0.6 is 23.2 Å². The Morgan fingerprint density at radius 3 is 2.60 bits per heavy atom. The molecular formula is C16H10Cl2F3N3O. The van der Waals surface area contributed by atoms with E-state index in [-0.39, 0.29) is 21.7 Å². The van der Waals surface area contributed by atoms with E-state index in [1.165, 1.54) is 30.3 Å². The van der Waals surface area contributed by atoms with Crippen LogP contribution in [0.5, 0.6) is 0 Å². The van der Waals surface area contributed by atoms with Gasteiger partial charge in [-0.1, -0.05) is 35.3 Å². The number of amides is 1. The number of imidazole rings is 1. The number of aromatic nitrogens is 2. The van der Waals surface area contributed by atoms with Gasteiger partial charge in [-0.3, -0.25) is 4.79 Å². The minimum atomic E-state index is -4.69. The SMILES string of the molecule is O=C(Cn1c(C(F)(F)F)nc2ccccc21)Nc1cc(Cl)ccc1Cl. The molecule has 3 aromatic rings. The van der Waals surface area contributed by atoms with Crippen LogP contribution in [-0.2, 0) is 17.5 Å². The first-order valence-electron chi connectivity index (χ1n) is 7.03. The summed E-state index contributed by atoms with van der Waals surface area (Å²) >= 11 is 11.8. The van der Waals surface area contributed by atoms with Crippen LogP contribution in [0.25, 0.3) is 11.0 Å². The van der Waals surface area contributed by atoms with E-state index >= 15 is 0 Å². The number of para-hydroxylation sites is 2. The molecule has 0 bridgehead atoms. The first kappa shape index (κ1) is 17.6. The van der Waals surface area contributed by atoms with Crippen LogP contribution in [0.2, 0.25) is 10.0 Å². The third-order valence-corrected chi connectivity index (χ3v) is 3.98. The fourth-order valence-electron chi connectivity index (χ4n) is 2.38. The average Bonchev–Trinajstić information content (AvgIpc) is 2.90. The summed E-state index contributed by atoms with van der Waals surface area (Å²) in [5, 5.41) is 3.02. The van der Waals surface area contributed by atoms with E-state index in [0.717, 1.165) is 4.57 Å². The number of rotatable bonds is 3. The predicted octanol–water partition coefficient (Wildman–Crippen LogP) is 5.00. The van der Waals surface area contributed by atoms with Crippen molar-refractivity contribution in [3.05, 3.63) is 58.3 Å². The Morgan fingerprint density at radius 2 is 1.88 bits per heavy atom. The first-order chi connectivity index (χ1) is 11.8. The van der Waals surface area contributed by atoms with Gasteiger partial charge in [-0.25, -0.2) is 4.98 Å². The molecule has 0 fully saturated rings. The molecule has 130 valence electrons. The van der Waals surface area contributed by atoms with E-state index in [1.807, 2.05) is 0 Å². The number of fused-ring (bicyclic) bond motifs is 1. The number of benzene rings is 2. The number of nitrogens with one attached hydrogen (secondary N) is 1. The lowest BCUT2D eigenvalue weighted by Gasteiger charge is -2.12. The zero-order valence-electron chi connectivity index (χ0n) is 12.4. The minimum absolute atomic E-state index is 0.156. The first-order valence-corrected chi connectivity index (χ1v) is 7.78. The summed E-state index contributed by atoms with van der Waals surface area (Å²) in [6, 6.07) is 10.5. The Labute approximate surface area is 150 Å². The summed E-state index contributed by atoms with van der Waals surface area (Å²) in [4.78, 5) is 15.8. The van der Waals surface area contributed by atoms with Crippen molar-refractivity contribution in [2.45, 2.75) is 12.7 Å².